The first-order valence-electron chi connectivity index (χ1n) is 12.9. The molecule has 3 rings (SSSR count). The number of benzene rings is 3. The van der Waals surface area contributed by atoms with E-state index in [0.717, 1.165) is 29.5 Å². The molecule has 0 saturated heterocycles. The number of aliphatic hydroxyl groups excluding tert-OH is 1. The summed E-state index contributed by atoms with van der Waals surface area (Å²) in [7, 11) is 3.27. The Labute approximate surface area is 210 Å². The Kier molecular flexibility index (Phi) is 10.6. The number of unbranched alkanes of at least 4 members (excludes halogenated alkanes) is 6. The number of hydrogen-bond donors (Lipinski definition) is 1. The van der Waals surface area contributed by atoms with Gasteiger partial charge < -0.3 is 19.3 Å². The van der Waals surface area contributed by atoms with Gasteiger partial charge in [0.2, 0.25) is 0 Å². The van der Waals surface area contributed by atoms with Crippen LogP contribution in [0.3, 0.4) is 0 Å². The highest BCUT2D eigenvalue weighted by atomic mass is 16.6. The van der Waals surface area contributed by atoms with Gasteiger partial charge in [-0.15, -0.1) is 0 Å². The van der Waals surface area contributed by atoms with Crippen LogP contribution in [0.1, 0.15) is 75.0 Å². The second-order valence-corrected chi connectivity index (χ2v) is 8.94. The van der Waals surface area contributed by atoms with E-state index in [-0.39, 0.29) is 0 Å². The summed E-state index contributed by atoms with van der Waals surface area (Å²) >= 11 is 0. The molecule has 0 radical (unpaired) electrons. The van der Waals surface area contributed by atoms with E-state index in [1.54, 1.807) is 14.2 Å². The van der Waals surface area contributed by atoms with E-state index >= 15 is 0 Å². The molecule has 0 saturated carbocycles. The van der Waals surface area contributed by atoms with Crippen molar-refractivity contribution >= 4 is 0 Å². The number of rotatable bonds is 15. The molecule has 0 aliphatic rings. The smallest absolute Gasteiger partial charge is 0.167 e. The van der Waals surface area contributed by atoms with E-state index in [9.17, 15) is 5.11 Å². The zero-order chi connectivity index (χ0) is 24.9. The molecule has 4 nitrogen and oxygen atoms in total. The Morgan fingerprint density at radius 2 is 1.26 bits per heavy atom. The summed E-state index contributed by atoms with van der Waals surface area (Å²) in [6.45, 7) is 2.23. The van der Waals surface area contributed by atoms with Crippen LogP contribution in [0.4, 0.5) is 0 Å². The molecular formula is C31H40O4. The molecule has 4 heteroatoms. The maximum atomic E-state index is 11.2. The third-order valence-corrected chi connectivity index (χ3v) is 6.51. The first-order chi connectivity index (χ1) is 17.2. The lowest BCUT2D eigenvalue weighted by Gasteiger charge is -2.38. The van der Waals surface area contributed by atoms with Crippen molar-refractivity contribution in [3.8, 4) is 11.5 Å². The molecule has 1 N–H and O–H groups in total. The lowest BCUT2D eigenvalue weighted by Crippen LogP contribution is -2.37. The van der Waals surface area contributed by atoms with Gasteiger partial charge in [-0.05, 0) is 30.0 Å². The largest absolute Gasteiger partial charge is 0.493 e. The molecule has 0 spiro atoms. The van der Waals surface area contributed by atoms with Gasteiger partial charge in [0.1, 0.15) is 0 Å². The van der Waals surface area contributed by atoms with Gasteiger partial charge in [-0.1, -0.05) is 118 Å². The van der Waals surface area contributed by atoms with Crippen molar-refractivity contribution in [1.82, 2.24) is 0 Å². The lowest BCUT2D eigenvalue weighted by atomic mass is 9.79. The van der Waals surface area contributed by atoms with Gasteiger partial charge in [0.25, 0.3) is 0 Å². The number of aliphatic hydroxyl groups is 1. The van der Waals surface area contributed by atoms with Crippen molar-refractivity contribution in [1.29, 1.82) is 0 Å². The van der Waals surface area contributed by atoms with Crippen molar-refractivity contribution < 1.29 is 19.3 Å². The van der Waals surface area contributed by atoms with Gasteiger partial charge in [-0.3, -0.25) is 0 Å². The number of hydrogen-bond acceptors (Lipinski definition) is 4. The zero-order valence-corrected chi connectivity index (χ0v) is 21.4. The third-order valence-electron chi connectivity index (χ3n) is 6.51. The van der Waals surface area contributed by atoms with Crippen LogP contribution in [0.2, 0.25) is 0 Å². The lowest BCUT2D eigenvalue weighted by molar-refractivity contribution is -0.163. The minimum absolute atomic E-state index is 0.571. The molecule has 3 aromatic carbocycles. The fraction of sp³-hybridized carbons (Fsp3) is 0.419. The molecule has 1 unspecified atom stereocenters. The summed E-state index contributed by atoms with van der Waals surface area (Å²) in [6.07, 6.45) is 7.92. The van der Waals surface area contributed by atoms with Gasteiger partial charge >= 0.3 is 0 Å². The molecule has 0 aliphatic carbocycles. The predicted molar refractivity (Wildman–Crippen MR) is 142 cm³/mol. The van der Waals surface area contributed by atoms with E-state index in [1.807, 2.05) is 78.9 Å². The molecule has 0 aliphatic heterocycles. The number of methoxy groups -OCH3 is 2. The molecule has 0 aromatic heterocycles. The summed E-state index contributed by atoms with van der Waals surface area (Å²) < 4.78 is 18.2. The molecular weight excluding hydrogens is 436 g/mol. The van der Waals surface area contributed by atoms with Crippen LogP contribution in [-0.2, 0) is 10.3 Å². The van der Waals surface area contributed by atoms with Gasteiger partial charge in [0.05, 0.1) is 14.2 Å². The molecule has 35 heavy (non-hydrogen) atoms. The molecule has 0 heterocycles. The molecule has 0 bridgehead atoms. The van der Waals surface area contributed by atoms with Gasteiger partial charge in [-0.2, -0.15) is 0 Å². The third kappa shape index (κ3) is 6.65. The van der Waals surface area contributed by atoms with E-state index in [1.165, 1.54) is 32.1 Å². The quantitative estimate of drug-likeness (QED) is 0.140. The summed E-state index contributed by atoms with van der Waals surface area (Å²) in [4.78, 5) is 0. The Morgan fingerprint density at radius 1 is 0.686 bits per heavy atom. The normalized spacial score (nSPS) is 12.3. The molecule has 188 valence electrons. The van der Waals surface area contributed by atoms with Crippen molar-refractivity contribution in [3.05, 3.63) is 95.6 Å². The summed E-state index contributed by atoms with van der Waals surface area (Å²) in [6, 6.07) is 25.9. The van der Waals surface area contributed by atoms with Crippen molar-refractivity contribution in [2.24, 2.45) is 0 Å². The van der Waals surface area contributed by atoms with Crippen LogP contribution in [0.25, 0.3) is 0 Å². The topological polar surface area (TPSA) is 47.9 Å². The molecule has 1 atom stereocenters. The second-order valence-electron chi connectivity index (χ2n) is 8.94. The van der Waals surface area contributed by atoms with Crippen molar-refractivity contribution in [2.75, 3.05) is 14.2 Å². The van der Waals surface area contributed by atoms with Gasteiger partial charge in [-0.25, -0.2) is 0 Å². The Bertz CT molecular complexity index is 948. The molecule has 3 aromatic rings. The summed E-state index contributed by atoms with van der Waals surface area (Å²) in [5, 5.41) is 11.2. The summed E-state index contributed by atoms with van der Waals surface area (Å²) in [5.41, 5.74) is 1.53. The van der Waals surface area contributed by atoms with Crippen LogP contribution in [0.5, 0.6) is 11.5 Å². The van der Waals surface area contributed by atoms with Crippen LogP contribution in [0.15, 0.2) is 78.9 Å². The minimum atomic E-state index is -1.08. The van der Waals surface area contributed by atoms with Gasteiger partial charge in [0.15, 0.2) is 23.4 Å². The van der Waals surface area contributed by atoms with E-state index < -0.39 is 11.9 Å². The predicted octanol–water partition coefficient (Wildman–Crippen LogP) is 7.47. The van der Waals surface area contributed by atoms with Crippen LogP contribution >= 0.6 is 0 Å². The highest BCUT2D eigenvalue weighted by molar-refractivity contribution is 5.57. The fourth-order valence-electron chi connectivity index (χ4n) is 4.73. The Hall–Kier alpha value is -2.82. The zero-order valence-electron chi connectivity index (χ0n) is 21.4. The molecule has 0 fully saturated rings. The van der Waals surface area contributed by atoms with Gasteiger partial charge in [0, 0.05) is 5.56 Å². The Balaban J connectivity index is 1.99. The highest BCUT2D eigenvalue weighted by Gasteiger charge is 2.42. The monoisotopic (exact) mass is 476 g/mol. The first kappa shape index (κ1) is 26.8. The van der Waals surface area contributed by atoms with Crippen molar-refractivity contribution in [3.63, 3.8) is 0 Å². The maximum absolute atomic E-state index is 11.2. The SMILES string of the molecule is CCCCCCCCCC(O)OC(c1ccccc1)(c1ccccc1)c1cccc(OC)c1OC. The second kappa shape index (κ2) is 13.9. The number of ether oxygens (including phenoxy) is 3. The maximum Gasteiger partial charge on any atom is 0.167 e. The van der Waals surface area contributed by atoms with E-state index in [2.05, 4.69) is 6.92 Å². The fourth-order valence-corrected chi connectivity index (χ4v) is 4.73. The highest BCUT2D eigenvalue weighted by Crippen LogP contribution is 2.48. The van der Waals surface area contributed by atoms with E-state index in [4.69, 9.17) is 14.2 Å². The average molecular weight is 477 g/mol. The average Bonchev–Trinajstić information content (AvgIpc) is 2.91. The van der Waals surface area contributed by atoms with Crippen LogP contribution in [0, 0.1) is 0 Å². The standard InChI is InChI=1S/C31H40O4/c1-4-5-6-7-8-9-16-24-29(32)35-31(25-18-12-10-13-19-25,26-20-14-11-15-21-26)27-22-17-23-28(33-2)30(27)34-3/h10-15,17-23,29,32H,4-9,16,24H2,1-3H3. The Morgan fingerprint density at radius 3 is 1.80 bits per heavy atom. The molecule has 0 amide bonds. The van der Waals surface area contributed by atoms with Crippen molar-refractivity contribution in [2.45, 2.75) is 70.2 Å². The van der Waals surface area contributed by atoms with Crippen LogP contribution < -0.4 is 9.47 Å². The van der Waals surface area contributed by atoms with E-state index in [0.29, 0.717) is 17.9 Å². The first-order valence-corrected chi connectivity index (χ1v) is 12.9. The summed E-state index contributed by atoms with van der Waals surface area (Å²) in [5.74, 6) is 1.21. The minimum Gasteiger partial charge on any atom is -0.493 e. The van der Waals surface area contributed by atoms with Crippen LogP contribution in [-0.4, -0.2) is 25.6 Å². The number of para-hydroxylation sites is 1.